The maximum atomic E-state index is 9.81. The van der Waals surface area contributed by atoms with Crippen molar-refractivity contribution in [3.63, 3.8) is 0 Å². The number of rotatable bonds is 4. The summed E-state index contributed by atoms with van der Waals surface area (Å²) in [6.45, 7) is 6.06. The summed E-state index contributed by atoms with van der Waals surface area (Å²) in [5.74, 6) is 0.851. The molecule has 0 bridgehead atoms. The van der Waals surface area contributed by atoms with Crippen LogP contribution in [0.3, 0.4) is 0 Å². The van der Waals surface area contributed by atoms with Crippen molar-refractivity contribution in [2.45, 2.75) is 51.6 Å². The quantitative estimate of drug-likeness (QED) is 0.836. The van der Waals surface area contributed by atoms with Gasteiger partial charge in [0.25, 0.3) is 0 Å². The lowest BCUT2D eigenvalue weighted by molar-refractivity contribution is -0.00462. The zero-order valence-electron chi connectivity index (χ0n) is 12.0. The molecule has 2 fully saturated rings. The zero-order chi connectivity index (χ0) is 13.0. The minimum atomic E-state index is 0.187. The van der Waals surface area contributed by atoms with E-state index < -0.39 is 0 Å². The van der Waals surface area contributed by atoms with Crippen molar-refractivity contribution in [1.82, 2.24) is 4.90 Å². The highest BCUT2D eigenvalue weighted by Crippen LogP contribution is 2.39. The summed E-state index contributed by atoms with van der Waals surface area (Å²) in [4.78, 5) is 2.54. The second-order valence-corrected chi connectivity index (χ2v) is 6.55. The van der Waals surface area contributed by atoms with Crippen molar-refractivity contribution in [3.05, 3.63) is 0 Å². The number of piperidine rings is 1. The molecule has 106 valence electrons. The SMILES string of the molecule is COC1CCN(CC2(CO)CCC(C)CC2)CC1. The van der Waals surface area contributed by atoms with E-state index in [1.54, 1.807) is 0 Å². The van der Waals surface area contributed by atoms with Gasteiger partial charge in [-0.2, -0.15) is 0 Å². The fraction of sp³-hybridized carbons (Fsp3) is 1.00. The molecule has 0 aromatic heterocycles. The molecule has 18 heavy (non-hydrogen) atoms. The first kappa shape index (κ1) is 14.3. The first-order valence-corrected chi connectivity index (χ1v) is 7.53. The van der Waals surface area contributed by atoms with Gasteiger partial charge >= 0.3 is 0 Å². The molecule has 1 N–H and O–H groups in total. The topological polar surface area (TPSA) is 32.7 Å². The van der Waals surface area contributed by atoms with Gasteiger partial charge in [0.05, 0.1) is 6.10 Å². The van der Waals surface area contributed by atoms with E-state index >= 15 is 0 Å². The fourth-order valence-corrected chi connectivity index (χ4v) is 3.52. The van der Waals surface area contributed by atoms with Crippen LogP contribution in [-0.2, 0) is 4.74 Å². The van der Waals surface area contributed by atoms with Crippen LogP contribution in [0.15, 0.2) is 0 Å². The van der Waals surface area contributed by atoms with E-state index in [1.165, 1.54) is 25.7 Å². The predicted octanol–water partition coefficient (Wildman–Crippen LogP) is 2.29. The average molecular weight is 255 g/mol. The Morgan fingerprint density at radius 2 is 1.78 bits per heavy atom. The van der Waals surface area contributed by atoms with Crippen LogP contribution in [0.25, 0.3) is 0 Å². The highest BCUT2D eigenvalue weighted by atomic mass is 16.5. The number of ether oxygens (including phenoxy) is 1. The smallest absolute Gasteiger partial charge is 0.0595 e. The van der Waals surface area contributed by atoms with Gasteiger partial charge in [0.2, 0.25) is 0 Å². The molecule has 0 unspecified atom stereocenters. The van der Waals surface area contributed by atoms with Crippen LogP contribution < -0.4 is 0 Å². The Kier molecular flexibility index (Phi) is 5.05. The van der Waals surface area contributed by atoms with Crippen LogP contribution in [0.2, 0.25) is 0 Å². The van der Waals surface area contributed by atoms with Crippen molar-refractivity contribution in [1.29, 1.82) is 0 Å². The highest BCUT2D eigenvalue weighted by molar-refractivity contribution is 4.88. The molecular formula is C15H29NO2. The van der Waals surface area contributed by atoms with Gasteiger partial charge < -0.3 is 14.7 Å². The molecule has 0 radical (unpaired) electrons. The molecule has 0 aromatic rings. The summed E-state index contributed by atoms with van der Waals surface area (Å²) in [5, 5.41) is 9.81. The van der Waals surface area contributed by atoms with E-state index in [0.29, 0.717) is 12.7 Å². The molecule has 3 heteroatoms. The van der Waals surface area contributed by atoms with Crippen LogP contribution in [0.5, 0.6) is 0 Å². The Bertz CT molecular complexity index is 241. The van der Waals surface area contributed by atoms with E-state index in [2.05, 4.69) is 11.8 Å². The minimum Gasteiger partial charge on any atom is -0.396 e. The van der Waals surface area contributed by atoms with Crippen molar-refractivity contribution in [2.24, 2.45) is 11.3 Å². The molecule has 2 aliphatic rings. The first-order chi connectivity index (χ1) is 8.67. The van der Waals surface area contributed by atoms with Gasteiger partial charge in [-0.1, -0.05) is 19.8 Å². The Hall–Kier alpha value is -0.120. The number of nitrogens with zero attached hydrogens (tertiary/aromatic N) is 1. The molecule has 1 heterocycles. The molecule has 3 nitrogen and oxygen atoms in total. The molecule has 1 aliphatic heterocycles. The van der Waals surface area contributed by atoms with E-state index in [9.17, 15) is 5.11 Å². The third-order valence-electron chi connectivity index (χ3n) is 5.10. The van der Waals surface area contributed by atoms with Gasteiger partial charge in [-0.15, -0.1) is 0 Å². The Balaban J connectivity index is 1.83. The molecule has 0 aromatic carbocycles. The maximum Gasteiger partial charge on any atom is 0.0595 e. The first-order valence-electron chi connectivity index (χ1n) is 7.53. The summed E-state index contributed by atoms with van der Waals surface area (Å²) < 4.78 is 5.42. The number of aliphatic hydroxyl groups is 1. The molecule has 0 amide bonds. The van der Waals surface area contributed by atoms with Gasteiger partial charge in [-0.05, 0) is 31.6 Å². The molecule has 2 rings (SSSR count). The third-order valence-corrected chi connectivity index (χ3v) is 5.10. The molecule has 1 aliphatic carbocycles. The number of hydrogen-bond donors (Lipinski definition) is 1. The summed E-state index contributed by atoms with van der Waals surface area (Å²) in [6.07, 6.45) is 7.73. The lowest BCUT2D eigenvalue weighted by Gasteiger charge is -2.43. The predicted molar refractivity (Wildman–Crippen MR) is 73.6 cm³/mol. The van der Waals surface area contributed by atoms with Crippen molar-refractivity contribution in [2.75, 3.05) is 33.4 Å². The van der Waals surface area contributed by atoms with Gasteiger partial charge in [-0.25, -0.2) is 0 Å². The van der Waals surface area contributed by atoms with E-state index in [4.69, 9.17) is 4.74 Å². The number of hydrogen-bond acceptors (Lipinski definition) is 3. The average Bonchev–Trinajstić information content (AvgIpc) is 2.43. The molecule has 0 spiro atoms. The normalized spacial score (nSPS) is 35.8. The second-order valence-electron chi connectivity index (χ2n) is 6.55. The van der Waals surface area contributed by atoms with E-state index in [0.717, 1.165) is 38.4 Å². The fourth-order valence-electron chi connectivity index (χ4n) is 3.52. The standard InChI is InChI=1S/C15H29NO2/c1-13-3-7-15(12-17,8-4-13)11-16-9-5-14(18-2)6-10-16/h13-14,17H,3-12H2,1-2H3. The Morgan fingerprint density at radius 1 is 1.17 bits per heavy atom. The summed E-state index contributed by atoms with van der Waals surface area (Å²) in [7, 11) is 1.82. The Morgan fingerprint density at radius 3 is 2.28 bits per heavy atom. The Labute approximate surface area is 112 Å². The van der Waals surface area contributed by atoms with Gasteiger partial charge in [0.15, 0.2) is 0 Å². The van der Waals surface area contributed by atoms with Crippen molar-refractivity contribution < 1.29 is 9.84 Å². The van der Waals surface area contributed by atoms with Gasteiger partial charge in [0, 0.05) is 38.8 Å². The molecule has 1 saturated carbocycles. The third kappa shape index (κ3) is 3.46. The summed E-state index contributed by atoms with van der Waals surface area (Å²) >= 11 is 0. The van der Waals surface area contributed by atoms with Crippen molar-refractivity contribution in [3.8, 4) is 0 Å². The van der Waals surface area contributed by atoms with Crippen LogP contribution in [0.1, 0.15) is 45.4 Å². The number of aliphatic hydroxyl groups excluding tert-OH is 1. The van der Waals surface area contributed by atoms with Crippen LogP contribution in [0.4, 0.5) is 0 Å². The van der Waals surface area contributed by atoms with E-state index in [1.807, 2.05) is 7.11 Å². The monoisotopic (exact) mass is 255 g/mol. The largest absolute Gasteiger partial charge is 0.396 e. The minimum absolute atomic E-state index is 0.187. The molecular weight excluding hydrogens is 226 g/mol. The van der Waals surface area contributed by atoms with Gasteiger partial charge in [0.1, 0.15) is 0 Å². The summed E-state index contributed by atoms with van der Waals surface area (Å²) in [6, 6.07) is 0. The van der Waals surface area contributed by atoms with Crippen LogP contribution in [0, 0.1) is 11.3 Å². The lowest BCUT2D eigenvalue weighted by Crippen LogP contribution is -2.46. The molecule has 0 atom stereocenters. The number of likely N-dealkylation sites (tertiary alicyclic amines) is 1. The summed E-state index contributed by atoms with van der Waals surface area (Å²) in [5.41, 5.74) is 0.187. The lowest BCUT2D eigenvalue weighted by atomic mass is 9.71. The van der Waals surface area contributed by atoms with Gasteiger partial charge in [-0.3, -0.25) is 0 Å². The van der Waals surface area contributed by atoms with E-state index in [-0.39, 0.29) is 5.41 Å². The molecule has 1 saturated heterocycles. The highest BCUT2D eigenvalue weighted by Gasteiger charge is 2.36. The van der Waals surface area contributed by atoms with Crippen LogP contribution >= 0.6 is 0 Å². The maximum absolute atomic E-state index is 9.81. The van der Waals surface area contributed by atoms with Crippen molar-refractivity contribution >= 4 is 0 Å². The van der Waals surface area contributed by atoms with Crippen LogP contribution in [-0.4, -0.2) is 49.5 Å². The second kappa shape index (κ2) is 6.36. The zero-order valence-corrected chi connectivity index (χ0v) is 12.0. The number of methoxy groups -OCH3 is 1.